The maximum absolute atomic E-state index is 14.5. The van der Waals surface area contributed by atoms with Gasteiger partial charge in [-0.2, -0.15) is 0 Å². The van der Waals surface area contributed by atoms with Gasteiger partial charge in [0.25, 0.3) is 0 Å². The lowest BCUT2D eigenvalue weighted by molar-refractivity contribution is 0.219. The van der Waals surface area contributed by atoms with E-state index >= 15 is 0 Å². The van der Waals surface area contributed by atoms with Crippen LogP contribution in [0.15, 0.2) is 42.0 Å². The standard InChI is InChI=1S/C24H33FN2S/c1-24(2,25)20-10-11-23-22(13-20)21-12-18(8-9-19(21)15-26-23)14-27-28-16-17-6-4-3-5-7-17/h3-4,6,10-11,13,18-19,21,26-27H,5,7-9,12,14-16H2,1-2H3. The molecule has 1 aromatic carbocycles. The number of rotatable bonds is 6. The molecule has 28 heavy (non-hydrogen) atoms. The minimum absolute atomic E-state index is 0.565. The highest BCUT2D eigenvalue weighted by molar-refractivity contribution is 7.97. The normalized spacial score (nSPS) is 26.8. The van der Waals surface area contributed by atoms with E-state index in [0.29, 0.717) is 17.8 Å². The molecule has 0 saturated heterocycles. The van der Waals surface area contributed by atoms with E-state index in [1.165, 1.54) is 48.9 Å². The van der Waals surface area contributed by atoms with Crippen molar-refractivity contribution >= 4 is 17.6 Å². The Morgan fingerprint density at radius 3 is 2.96 bits per heavy atom. The van der Waals surface area contributed by atoms with Crippen LogP contribution in [0.4, 0.5) is 10.1 Å². The van der Waals surface area contributed by atoms with Crippen molar-refractivity contribution in [3.05, 3.63) is 53.1 Å². The van der Waals surface area contributed by atoms with Crippen LogP contribution in [0.1, 0.15) is 63.0 Å². The van der Waals surface area contributed by atoms with Gasteiger partial charge in [0.05, 0.1) is 0 Å². The summed E-state index contributed by atoms with van der Waals surface area (Å²) in [5.41, 5.74) is 3.62. The van der Waals surface area contributed by atoms with Gasteiger partial charge >= 0.3 is 0 Å². The molecule has 0 spiro atoms. The highest BCUT2D eigenvalue weighted by Gasteiger charge is 2.36. The zero-order chi connectivity index (χ0) is 19.6. The molecule has 2 aliphatic carbocycles. The lowest BCUT2D eigenvalue weighted by atomic mass is 9.69. The van der Waals surface area contributed by atoms with E-state index in [9.17, 15) is 4.39 Å². The molecule has 4 heteroatoms. The minimum atomic E-state index is -1.28. The Morgan fingerprint density at radius 1 is 1.29 bits per heavy atom. The van der Waals surface area contributed by atoms with Crippen molar-refractivity contribution in [1.29, 1.82) is 0 Å². The summed E-state index contributed by atoms with van der Waals surface area (Å²) in [5, 5.41) is 3.59. The molecule has 0 amide bonds. The summed E-state index contributed by atoms with van der Waals surface area (Å²) in [6.07, 6.45) is 12.9. The van der Waals surface area contributed by atoms with Crippen LogP contribution in [0.5, 0.6) is 0 Å². The summed E-state index contributed by atoms with van der Waals surface area (Å²) in [7, 11) is 0. The summed E-state index contributed by atoms with van der Waals surface area (Å²) >= 11 is 1.86. The molecule has 3 unspecified atom stereocenters. The zero-order valence-corrected chi connectivity index (χ0v) is 18.0. The van der Waals surface area contributed by atoms with E-state index in [-0.39, 0.29) is 0 Å². The van der Waals surface area contributed by atoms with Crippen molar-refractivity contribution < 1.29 is 4.39 Å². The molecule has 4 rings (SSSR count). The first-order valence-electron chi connectivity index (χ1n) is 10.8. The first-order chi connectivity index (χ1) is 13.5. The maximum Gasteiger partial charge on any atom is 0.130 e. The van der Waals surface area contributed by atoms with Crippen LogP contribution < -0.4 is 10.0 Å². The van der Waals surface area contributed by atoms with Crippen LogP contribution in [0.25, 0.3) is 0 Å². The van der Waals surface area contributed by atoms with Crippen LogP contribution in [-0.4, -0.2) is 18.8 Å². The second kappa shape index (κ2) is 8.62. The molecular weight excluding hydrogens is 367 g/mol. The number of halogens is 1. The fourth-order valence-corrected chi connectivity index (χ4v) is 5.75. The number of nitrogens with one attached hydrogen (secondary N) is 2. The lowest BCUT2D eigenvalue weighted by Gasteiger charge is -2.41. The third kappa shape index (κ3) is 4.65. The predicted octanol–water partition coefficient (Wildman–Crippen LogP) is 6.33. The number of alkyl halides is 1. The van der Waals surface area contributed by atoms with Crippen LogP contribution >= 0.6 is 11.9 Å². The van der Waals surface area contributed by atoms with Crippen molar-refractivity contribution in [2.24, 2.45) is 11.8 Å². The average Bonchev–Trinajstić information content (AvgIpc) is 2.71. The molecule has 0 aromatic heterocycles. The molecule has 1 fully saturated rings. The molecule has 1 aliphatic heterocycles. The van der Waals surface area contributed by atoms with E-state index in [1.54, 1.807) is 13.8 Å². The van der Waals surface area contributed by atoms with Gasteiger partial charge < -0.3 is 5.32 Å². The monoisotopic (exact) mass is 400 g/mol. The number of benzene rings is 1. The van der Waals surface area contributed by atoms with Crippen LogP contribution in [0.3, 0.4) is 0 Å². The summed E-state index contributed by atoms with van der Waals surface area (Å²) in [5.74, 6) is 3.05. The summed E-state index contributed by atoms with van der Waals surface area (Å²) < 4.78 is 18.1. The second-order valence-electron chi connectivity index (χ2n) is 9.13. The summed E-state index contributed by atoms with van der Waals surface area (Å²) in [6, 6.07) is 6.17. The number of anilines is 1. The van der Waals surface area contributed by atoms with E-state index in [1.807, 2.05) is 18.0 Å². The van der Waals surface area contributed by atoms with Gasteiger partial charge in [-0.3, -0.25) is 4.72 Å². The molecule has 1 saturated carbocycles. The van der Waals surface area contributed by atoms with Gasteiger partial charge in [-0.15, -0.1) is 0 Å². The largest absolute Gasteiger partial charge is 0.385 e. The highest BCUT2D eigenvalue weighted by atomic mass is 32.2. The van der Waals surface area contributed by atoms with Crippen molar-refractivity contribution in [2.45, 2.75) is 57.5 Å². The Bertz CT molecular complexity index is 749. The average molecular weight is 401 g/mol. The van der Waals surface area contributed by atoms with E-state index < -0.39 is 5.67 Å². The quantitative estimate of drug-likeness (QED) is 0.431. The van der Waals surface area contributed by atoms with Crippen molar-refractivity contribution in [2.75, 3.05) is 24.2 Å². The first-order valence-corrected chi connectivity index (χ1v) is 11.8. The topological polar surface area (TPSA) is 24.1 Å². The smallest absolute Gasteiger partial charge is 0.130 e. The molecule has 2 nitrogen and oxygen atoms in total. The second-order valence-corrected chi connectivity index (χ2v) is 10.00. The van der Waals surface area contributed by atoms with Gasteiger partial charge in [-0.05, 0) is 80.9 Å². The van der Waals surface area contributed by atoms with E-state index in [2.05, 4.69) is 40.4 Å². The molecule has 3 aliphatic rings. The molecule has 3 atom stereocenters. The third-order valence-electron chi connectivity index (χ3n) is 6.63. The van der Waals surface area contributed by atoms with Crippen molar-refractivity contribution in [3.63, 3.8) is 0 Å². The minimum Gasteiger partial charge on any atom is -0.385 e. The zero-order valence-electron chi connectivity index (χ0n) is 17.1. The fraction of sp³-hybridized carbons (Fsp3) is 0.583. The van der Waals surface area contributed by atoms with E-state index in [4.69, 9.17) is 0 Å². The van der Waals surface area contributed by atoms with Gasteiger partial charge in [-0.25, -0.2) is 4.39 Å². The van der Waals surface area contributed by atoms with Crippen LogP contribution in [-0.2, 0) is 5.67 Å². The molecule has 0 bridgehead atoms. The molecule has 1 aromatic rings. The number of hydrogen-bond acceptors (Lipinski definition) is 3. The fourth-order valence-electron chi connectivity index (χ4n) is 4.87. The molecule has 152 valence electrons. The third-order valence-corrected chi connectivity index (χ3v) is 7.51. The molecule has 2 N–H and O–H groups in total. The van der Waals surface area contributed by atoms with Gasteiger partial charge in [-0.1, -0.05) is 47.9 Å². The Hall–Kier alpha value is -1.26. The van der Waals surface area contributed by atoms with Crippen LogP contribution in [0, 0.1) is 11.8 Å². The Labute approximate surface area is 173 Å². The molecule has 1 heterocycles. The number of hydrogen-bond donors (Lipinski definition) is 2. The van der Waals surface area contributed by atoms with Gasteiger partial charge in [0.2, 0.25) is 0 Å². The van der Waals surface area contributed by atoms with Crippen molar-refractivity contribution in [1.82, 2.24) is 4.72 Å². The van der Waals surface area contributed by atoms with Crippen molar-refractivity contribution in [3.8, 4) is 0 Å². The Kier molecular flexibility index (Phi) is 6.17. The van der Waals surface area contributed by atoms with Gasteiger partial charge in [0.15, 0.2) is 0 Å². The number of allylic oxidation sites excluding steroid dienone is 3. The van der Waals surface area contributed by atoms with Crippen LogP contribution in [0.2, 0.25) is 0 Å². The summed E-state index contributed by atoms with van der Waals surface area (Å²) in [6.45, 7) is 5.45. The lowest BCUT2D eigenvalue weighted by Crippen LogP contribution is -2.35. The highest BCUT2D eigenvalue weighted by Crippen LogP contribution is 2.46. The maximum atomic E-state index is 14.5. The van der Waals surface area contributed by atoms with E-state index in [0.717, 1.165) is 24.4 Å². The first kappa shape index (κ1) is 20.0. The van der Waals surface area contributed by atoms with Gasteiger partial charge in [0, 0.05) is 24.5 Å². The SMILES string of the molecule is CC(C)(F)c1ccc2c(c1)C1CC(CNSCC3=CC=CCC3)CCC1CN2. The molecule has 0 radical (unpaired) electrons. The number of fused-ring (bicyclic) bond motifs is 3. The summed E-state index contributed by atoms with van der Waals surface area (Å²) in [4.78, 5) is 0. The molecular formula is C24H33FN2S. The Balaban J connectivity index is 1.36. The van der Waals surface area contributed by atoms with Gasteiger partial charge in [0.1, 0.15) is 5.67 Å². The Morgan fingerprint density at radius 2 is 2.18 bits per heavy atom. The predicted molar refractivity (Wildman–Crippen MR) is 120 cm³/mol.